The Morgan fingerprint density at radius 3 is 2.25 bits per heavy atom. The number of para-hydroxylation sites is 1. The maximum absolute atomic E-state index is 13.0. The summed E-state index contributed by atoms with van der Waals surface area (Å²) in [5.74, 6) is -0.622. The third-order valence-corrected chi connectivity index (χ3v) is 6.28. The zero-order valence-electron chi connectivity index (χ0n) is 18.1. The summed E-state index contributed by atoms with van der Waals surface area (Å²) in [4.78, 5) is 24.7. The van der Waals surface area contributed by atoms with Crippen molar-refractivity contribution < 1.29 is 18.0 Å². The summed E-state index contributed by atoms with van der Waals surface area (Å²) in [6, 6.07) is 18.3. The number of carbonyl (C=O) groups is 2. The highest BCUT2D eigenvalue weighted by Crippen LogP contribution is 2.24. The number of anilines is 3. The van der Waals surface area contributed by atoms with Gasteiger partial charge in [0.05, 0.1) is 16.1 Å². The van der Waals surface area contributed by atoms with Crippen molar-refractivity contribution in [1.82, 2.24) is 0 Å². The number of hydrogen-bond donors (Lipinski definition) is 3. The summed E-state index contributed by atoms with van der Waals surface area (Å²) in [6.07, 6.45) is 0.338. The van der Waals surface area contributed by atoms with E-state index in [1.807, 2.05) is 13.0 Å². The molecule has 0 aromatic heterocycles. The second kappa shape index (κ2) is 9.65. The van der Waals surface area contributed by atoms with Gasteiger partial charge in [-0.1, -0.05) is 37.3 Å². The van der Waals surface area contributed by atoms with Gasteiger partial charge in [0.1, 0.15) is 0 Å². The zero-order chi connectivity index (χ0) is 23.3. The summed E-state index contributed by atoms with van der Waals surface area (Å²) >= 11 is 0. The maximum Gasteiger partial charge on any atom is 0.262 e. The predicted octanol–water partition coefficient (Wildman–Crippen LogP) is 4.71. The van der Waals surface area contributed by atoms with Crippen molar-refractivity contribution in [3.8, 4) is 0 Å². The first kappa shape index (κ1) is 23.0. The van der Waals surface area contributed by atoms with Crippen LogP contribution < -0.4 is 15.4 Å². The summed E-state index contributed by atoms with van der Waals surface area (Å²) in [7, 11) is -3.90. The Hall–Kier alpha value is -3.65. The molecule has 0 bridgehead atoms. The Balaban J connectivity index is 1.85. The van der Waals surface area contributed by atoms with Gasteiger partial charge >= 0.3 is 0 Å². The molecule has 0 aliphatic rings. The minimum absolute atomic E-state index is 0.139. The van der Waals surface area contributed by atoms with Crippen molar-refractivity contribution in [1.29, 1.82) is 0 Å². The van der Waals surface area contributed by atoms with E-state index in [-0.39, 0.29) is 22.1 Å². The van der Waals surface area contributed by atoms with Crippen LogP contribution in [0.4, 0.5) is 17.1 Å². The van der Waals surface area contributed by atoms with Crippen LogP contribution in [-0.2, 0) is 14.8 Å². The predicted molar refractivity (Wildman–Crippen MR) is 126 cm³/mol. The summed E-state index contributed by atoms with van der Waals surface area (Å²) in [5, 5.41) is 5.48. The lowest BCUT2D eigenvalue weighted by Crippen LogP contribution is -2.19. The number of amides is 2. The first-order valence-corrected chi connectivity index (χ1v) is 11.6. The molecule has 0 aliphatic carbocycles. The van der Waals surface area contributed by atoms with Crippen LogP contribution in [0.2, 0.25) is 0 Å². The summed E-state index contributed by atoms with van der Waals surface area (Å²) in [5.41, 5.74) is 2.79. The van der Waals surface area contributed by atoms with E-state index in [9.17, 15) is 18.0 Å². The fourth-order valence-corrected chi connectivity index (χ4v) is 4.50. The molecule has 0 radical (unpaired) electrons. The molecule has 8 heteroatoms. The molecule has 32 heavy (non-hydrogen) atoms. The number of sulfonamides is 1. The van der Waals surface area contributed by atoms with Crippen LogP contribution in [0.3, 0.4) is 0 Å². The Morgan fingerprint density at radius 2 is 1.53 bits per heavy atom. The van der Waals surface area contributed by atoms with Crippen molar-refractivity contribution in [2.75, 3.05) is 15.4 Å². The molecular weight excluding hydrogens is 426 g/mol. The molecule has 0 heterocycles. The lowest BCUT2D eigenvalue weighted by Gasteiger charge is -2.15. The van der Waals surface area contributed by atoms with Gasteiger partial charge in [-0.05, 0) is 61.4 Å². The van der Waals surface area contributed by atoms with Crippen LogP contribution in [0.25, 0.3) is 0 Å². The standard InChI is InChI=1S/C24H25N3O4S/c1-4-23(28)25-18-8-7-9-19(15-18)26-24(29)20-10-5-6-11-21(20)27-32(30,31)22-14-16(2)12-13-17(22)3/h5-15,27H,4H2,1-3H3,(H,25,28)(H,26,29). The minimum atomic E-state index is -3.90. The molecule has 3 aromatic rings. The van der Waals surface area contributed by atoms with Gasteiger partial charge in [-0.15, -0.1) is 0 Å². The molecule has 0 saturated carbocycles. The Morgan fingerprint density at radius 1 is 0.844 bits per heavy atom. The number of nitrogens with one attached hydrogen (secondary N) is 3. The van der Waals surface area contributed by atoms with Gasteiger partial charge in [-0.2, -0.15) is 0 Å². The van der Waals surface area contributed by atoms with E-state index < -0.39 is 15.9 Å². The van der Waals surface area contributed by atoms with E-state index in [1.54, 1.807) is 68.4 Å². The van der Waals surface area contributed by atoms with Crippen molar-refractivity contribution in [2.24, 2.45) is 0 Å². The first-order chi connectivity index (χ1) is 15.2. The Kier molecular flexibility index (Phi) is 6.95. The van der Waals surface area contributed by atoms with Crippen molar-refractivity contribution >= 4 is 38.9 Å². The molecule has 0 aliphatic heterocycles. The average molecular weight is 452 g/mol. The number of carbonyl (C=O) groups excluding carboxylic acids is 2. The molecule has 0 fully saturated rings. The molecular formula is C24H25N3O4S. The molecule has 0 spiro atoms. The van der Waals surface area contributed by atoms with E-state index in [0.717, 1.165) is 5.56 Å². The second-order valence-electron chi connectivity index (χ2n) is 7.36. The van der Waals surface area contributed by atoms with Crippen LogP contribution in [-0.4, -0.2) is 20.2 Å². The normalized spacial score (nSPS) is 11.0. The van der Waals surface area contributed by atoms with Crippen LogP contribution in [0, 0.1) is 13.8 Å². The molecule has 3 rings (SSSR count). The third kappa shape index (κ3) is 5.53. The lowest BCUT2D eigenvalue weighted by molar-refractivity contribution is -0.115. The number of aryl methyl sites for hydroxylation is 2. The van der Waals surface area contributed by atoms with Gasteiger partial charge in [-0.3, -0.25) is 14.3 Å². The first-order valence-electron chi connectivity index (χ1n) is 10.1. The van der Waals surface area contributed by atoms with E-state index in [4.69, 9.17) is 0 Å². The van der Waals surface area contributed by atoms with E-state index in [0.29, 0.717) is 23.4 Å². The summed E-state index contributed by atoms with van der Waals surface area (Å²) in [6.45, 7) is 5.28. The number of rotatable bonds is 7. The van der Waals surface area contributed by atoms with Crippen LogP contribution in [0.1, 0.15) is 34.8 Å². The summed E-state index contributed by atoms with van der Waals surface area (Å²) < 4.78 is 28.5. The number of benzene rings is 3. The van der Waals surface area contributed by atoms with Crippen molar-refractivity contribution in [3.05, 3.63) is 83.4 Å². The average Bonchev–Trinajstić information content (AvgIpc) is 2.75. The highest BCUT2D eigenvalue weighted by atomic mass is 32.2. The molecule has 0 saturated heterocycles. The molecule has 2 amide bonds. The van der Waals surface area contributed by atoms with E-state index in [1.165, 1.54) is 6.07 Å². The Labute approximate surface area is 187 Å². The molecule has 0 unspecified atom stereocenters. The quantitative estimate of drug-likeness (QED) is 0.484. The van der Waals surface area contributed by atoms with Gasteiger partial charge in [0, 0.05) is 17.8 Å². The SMILES string of the molecule is CCC(=O)Nc1cccc(NC(=O)c2ccccc2NS(=O)(=O)c2cc(C)ccc2C)c1. The van der Waals surface area contributed by atoms with Gasteiger partial charge in [0.15, 0.2) is 0 Å². The monoisotopic (exact) mass is 451 g/mol. The molecule has 7 nitrogen and oxygen atoms in total. The fraction of sp³-hybridized carbons (Fsp3) is 0.167. The maximum atomic E-state index is 13.0. The Bertz CT molecular complexity index is 1270. The van der Waals surface area contributed by atoms with Crippen LogP contribution in [0.5, 0.6) is 0 Å². The largest absolute Gasteiger partial charge is 0.326 e. The van der Waals surface area contributed by atoms with E-state index in [2.05, 4.69) is 15.4 Å². The number of hydrogen-bond acceptors (Lipinski definition) is 4. The fourth-order valence-electron chi connectivity index (χ4n) is 3.09. The smallest absolute Gasteiger partial charge is 0.262 e. The van der Waals surface area contributed by atoms with E-state index >= 15 is 0 Å². The third-order valence-electron chi connectivity index (χ3n) is 4.77. The van der Waals surface area contributed by atoms with Gasteiger partial charge < -0.3 is 10.6 Å². The highest BCUT2D eigenvalue weighted by molar-refractivity contribution is 7.92. The van der Waals surface area contributed by atoms with Crippen LogP contribution >= 0.6 is 0 Å². The van der Waals surface area contributed by atoms with Gasteiger partial charge in [0.25, 0.3) is 15.9 Å². The zero-order valence-corrected chi connectivity index (χ0v) is 18.9. The molecule has 166 valence electrons. The second-order valence-corrected chi connectivity index (χ2v) is 9.01. The minimum Gasteiger partial charge on any atom is -0.326 e. The highest BCUT2D eigenvalue weighted by Gasteiger charge is 2.20. The molecule has 3 aromatic carbocycles. The van der Waals surface area contributed by atoms with Crippen LogP contribution in [0.15, 0.2) is 71.6 Å². The molecule has 0 atom stereocenters. The molecule has 3 N–H and O–H groups in total. The van der Waals surface area contributed by atoms with Gasteiger partial charge in [0.2, 0.25) is 5.91 Å². The van der Waals surface area contributed by atoms with Crippen molar-refractivity contribution in [2.45, 2.75) is 32.1 Å². The topological polar surface area (TPSA) is 104 Å². The lowest BCUT2D eigenvalue weighted by atomic mass is 10.1. The van der Waals surface area contributed by atoms with Gasteiger partial charge in [-0.25, -0.2) is 8.42 Å². The van der Waals surface area contributed by atoms with Crippen molar-refractivity contribution in [3.63, 3.8) is 0 Å².